The molecular weight excluding hydrogens is 351 g/mol. The number of halogens is 1. The topological polar surface area (TPSA) is 38.7 Å². The van der Waals surface area contributed by atoms with Crippen molar-refractivity contribution in [2.75, 3.05) is 0 Å². The van der Waals surface area contributed by atoms with Crippen molar-refractivity contribution < 1.29 is 18.3 Å². The molecule has 0 bridgehead atoms. The highest BCUT2D eigenvalue weighted by Gasteiger charge is 2.44. The summed E-state index contributed by atoms with van der Waals surface area (Å²) in [7, 11) is -4.23. The maximum absolute atomic E-state index is 13.4. The molecule has 0 amide bonds. The minimum Gasteiger partial charge on any atom is -0.415 e. The normalized spacial score (nSPS) is 13.8. The Morgan fingerprint density at radius 2 is 1.24 bits per heavy atom. The Morgan fingerprint density at radius 1 is 0.880 bits per heavy atom. The van der Waals surface area contributed by atoms with Crippen LogP contribution in [0.2, 0.25) is 38.3 Å². The number of hydrogen-bond donors (Lipinski definition) is 1. The van der Waals surface area contributed by atoms with Gasteiger partial charge in [-0.2, -0.15) is 0 Å². The Bertz CT molecular complexity index is 518. The van der Waals surface area contributed by atoms with Gasteiger partial charge in [-0.25, -0.2) is 4.39 Å². The summed E-state index contributed by atoms with van der Waals surface area (Å²) in [5.74, 6) is -0.295. The minimum absolute atomic E-state index is 0.122. The standard InChI is InChI=1S/C19H35FO3Si2/c1-15(2)22-24(5,6)13-19(21,14-25(7,8)23-16(3)4)17-9-11-18(20)12-10-17/h9-12,15-16,21H,13-14H2,1-8H3. The van der Waals surface area contributed by atoms with Gasteiger partial charge in [-0.3, -0.25) is 0 Å². The number of aliphatic hydroxyl groups is 1. The van der Waals surface area contributed by atoms with E-state index in [-0.39, 0.29) is 18.0 Å². The molecule has 0 spiro atoms. The Kier molecular flexibility index (Phi) is 7.59. The fraction of sp³-hybridized carbons (Fsp3) is 0.684. The van der Waals surface area contributed by atoms with Crippen LogP contribution in [0.1, 0.15) is 33.3 Å². The van der Waals surface area contributed by atoms with Gasteiger partial charge < -0.3 is 14.0 Å². The lowest BCUT2D eigenvalue weighted by atomic mass is 9.98. The molecule has 0 heterocycles. The predicted octanol–water partition coefficient (Wildman–Crippen LogP) is 5.27. The van der Waals surface area contributed by atoms with Crippen LogP contribution < -0.4 is 0 Å². The molecule has 0 saturated heterocycles. The van der Waals surface area contributed by atoms with Crippen LogP contribution in [-0.2, 0) is 14.5 Å². The number of rotatable bonds is 9. The third kappa shape index (κ3) is 7.70. The molecule has 0 aliphatic carbocycles. The molecule has 144 valence electrons. The van der Waals surface area contributed by atoms with Crippen molar-refractivity contribution in [3.8, 4) is 0 Å². The van der Waals surface area contributed by atoms with Crippen molar-refractivity contribution in [1.29, 1.82) is 0 Å². The van der Waals surface area contributed by atoms with E-state index in [1.807, 2.05) is 27.7 Å². The fourth-order valence-corrected chi connectivity index (χ4v) is 10.2. The first-order valence-corrected chi connectivity index (χ1v) is 15.3. The van der Waals surface area contributed by atoms with Gasteiger partial charge in [0, 0.05) is 12.2 Å². The molecule has 1 N–H and O–H groups in total. The first-order valence-electron chi connectivity index (χ1n) is 9.09. The van der Waals surface area contributed by atoms with Crippen LogP contribution in [0.4, 0.5) is 4.39 Å². The van der Waals surface area contributed by atoms with E-state index in [4.69, 9.17) is 8.85 Å². The molecule has 0 aromatic heterocycles. The minimum atomic E-state index is -2.11. The molecule has 0 aliphatic heterocycles. The summed E-state index contributed by atoms with van der Waals surface area (Å²) in [5.41, 5.74) is -0.321. The lowest BCUT2D eigenvalue weighted by molar-refractivity contribution is 0.0615. The van der Waals surface area contributed by atoms with Crippen molar-refractivity contribution in [3.05, 3.63) is 35.6 Å². The molecule has 0 fully saturated rings. The number of benzene rings is 1. The largest absolute Gasteiger partial charge is 0.415 e. The highest BCUT2D eigenvalue weighted by Crippen LogP contribution is 2.39. The van der Waals surface area contributed by atoms with Gasteiger partial charge >= 0.3 is 0 Å². The van der Waals surface area contributed by atoms with Crippen LogP contribution in [0.5, 0.6) is 0 Å². The molecule has 0 atom stereocenters. The van der Waals surface area contributed by atoms with Crippen LogP contribution in [0.15, 0.2) is 24.3 Å². The predicted molar refractivity (Wildman–Crippen MR) is 107 cm³/mol. The van der Waals surface area contributed by atoms with Crippen molar-refractivity contribution in [1.82, 2.24) is 0 Å². The molecule has 0 radical (unpaired) electrons. The van der Waals surface area contributed by atoms with Gasteiger partial charge in [-0.05, 0) is 83.7 Å². The highest BCUT2D eigenvalue weighted by molar-refractivity contribution is 6.73. The first kappa shape index (κ1) is 22.5. The first-order chi connectivity index (χ1) is 11.2. The summed E-state index contributed by atoms with van der Waals surface area (Å²) in [6, 6.07) is 7.32. The zero-order valence-electron chi connectivity index (χ0n) is 17.0. The summed E-state index contributed by atoms with van der Waals surface area (Å²) in [6.45, 7) is 16.6. The number of hydrogen-bond acceptors (Lipinski definition) is 3. The summed E-state index contributed by atoms with van der Waals surface area (Å²) < 4.78 is 25.7. The van der Waals surface area contributed by atoms with Crippen LogP contribution in [0, 0.1) is 5.82 Å². The third-order valence-electron chi connectivity index (χ3n) is 3.93. The Hall–Kier alpha value is -0.536. The van der Waals surface area contributed by atoms with Crippen LogP contribution >= 0.6 is 0 Å². The van der Waals surface area contributed by atoms with E-state index < -0.39 is 22.2 Å². The van der Waals surface area contributed by atoms with Crippen LogP contribution in [0.3, 0.4) is 0 Å². The van der Waals surface area contributed by atoms with Crippen molar-refractivity contribution in [3.63, 3.8) is 0 Å². The van der Waals surface area contributed by atoms with Gasteiger partial charge in [0.15, 0.2) is 16.6 Å². The monoisotopic (exact) mass is 386 g/mol. The van der Waals surface area contributed by atoms with Gasteiger partial charge in [-0.15, -0.1) is 0 Å². The molecular formula is C19H35FO3Si2. The molecule has 1 rings (SSSR count). The average molecular weight is 387 g/mol. The summed E-state index contributed by atoms with van der Waals surface area (Å²) in [5, 5.41) is 11.7. The average Bonchev–Trinajstić information content (AvgIpc) is 2.33. The van der Waals surface area contributed by atoms with Crippen LogP contribution in [0.25, 0.3) is 0 Å². The quantitative estimate of drug-likeness (QED) is 0.587. The molecule has 0 unspecified atom stereocenters. The van der Waals surface area contributed by atoms with Gasteiger partial charge in [0.05, 0.1) is 5.60 Å². The second kappa shape index (κ2) is 8.44. The fourth-order valence-electron chi connectivity index (χ4n) is 3.79. The Labute approximate surface area is 154 Å². The van der Waals surface area contributed by atoms with Gasteiger partial charge in [0.2, 0.25) is 0 Å². The van der Waals surface area contributed by atoms with E-state index in [1.54, 1.807) is 12.1 Å². The SMILES string of the molecule is CC(C)O[Si](C)(C)CC(O)(C[Si](C)(C)OC(C)C)c1ccc(F)cc1. The smallest absolute Gasteiger partial charge is 0.190 e. The van der Waals surface area contributed by atoms with E-state index >= 15 is 0 Å². The third-order valence-corrected chi connectivity index (χ3v) is 9.02. The molecule has 3 nitrogen and oxygen atoms in total. The van der Waals surface area contributed by atoms with E-state index in [0.29, 0.717) is 12.1 Å². The zero-order valence-corrected chi connectivity index (χ0v) is 19.0. The molecule has 1 aromatic rings. The molecule has 0 saturated carbocycles. The molecule has 6 heteroatoms. The lowest BCUT2D eigenvalue weighted by Crippen LogP contribution is -2.47. The highest BCUT2D eigenvalue weighted by atomic mass is 28.4. The summed E-state index contributed by atoms with van der Waals surface area (Å²) in [4.78, 5) is 0. The molecule has 1 aromatic carbocycles. The van der Waals surface area contributed by atoms with Gasteiger partial charge in [-0.1, -0.05) is 12.1 Å². The van der Waals surface area contributed by atoms with Gasteiger partial charge in [0.25, 0.3) is 0 Å². The second-order valence-corrected chi connectivity index (χ2v) is 17.0. The van der Waals surface area contributed by atoms with Crippen LogP contribution in [-0.4, -0.2) is 33.9 Å². The second-order valence-electron chi connectivity index (χ2n) is 8.74. The van der Waals surface area contributed by atoms with E-state index in [2.05, 4.69) is 26.2 Å². The molecule has 25 heavy (non-hydrogen) atoms. The van der Waals surface area contributed by atoms with E-state index in [1.165, 1.54) is 12.1 Å². The molecule has 0 aliphatic rings. The van der Waals surface area contributed by atoms with Gasteiger partial charge in [0.1, 0.15) is 5.82 Å². The zero-order chi connectivity index (χ0) is 19.5. The maximum atomic E-state index is 13.4. The van der Waals surface area contributed by atoms with E-state index in [0.717, 1.165) is 5.56 Å². The van der Waals surface area contributed by atoms with Crippen molar-refractivity contribution >= 4 is 16.6 Å². The lowest BCUT2D eigenvalue weighted by Gasteiger charge is -2.40. The Balaban J connectivity index is 3.19. The maximum Gasteiger partial charge on any atom is 0.190 e. The van der Waals surface area contributed by atoms with Crippen molar-refractivity contribution in [2.45, 2.75) is 83.8 Å². The van der Waals surface area contributed by atoms with E-state index in [9.17, 15) is 9.50 Å². The summed E-state index contributed by atoms with van der Waals surface area (Å²) in [6.07, 6.45) is 0.243. The summed E-state index contributed by atoms with van der Waals surface area (Å²) >= 11 is 0. The Morgan fingerprint density at radius 3 is 1.56 bits per heavy atom. The van der Waals surface area contributed by atoms with Crippen molar-refractivity contribution in [2.24, 2.45) is 0 Å².